The molecular formula is C14H19ClFNO. The molecule has 0 aliphatic carbocycles. The summed E-state index contributed by atoms with van der Waals surface area (Å²) in [5.41, 5.74) is 0.954. The molecule has 0 radical (unpaired) electrons. The Hall–Kier alpha value is -0.640. The summed E-state index contributed by atoms with van der Waals surface area (Å²) in [7, 11) is 0. The fourth-order valence-electron chi connectivity index (χ4n) is 2.63. The van der Waals surface area contributed by atoms with Gasteiger partial charge in [-0.15, -0.1) is 0 Å². The molecule has 2 unspecified atom stereocenters. The zero-order valence-electron chi connectivity index (χ0n) is 10.6. The smallest absolute Gasteiger partial charge is 0.124 e. The molecule has 1 aliphatic heterocycles. The van der Waals surface area contributed by atoms with Gasteiger partial charge in [0.25, 0.3) is 0 Å². The van der Waals surface area contributed by atoms with Crippen LogP contribution in [0, 0.1) is 5.82 Å². The lowest BCUT2D eigenvalue weighted by molar-refractivity contribution is 0.131. The van der Waals surface area contributed by atoms with Gasteiger partial charge in [-0.25, -0.2) is 4.39 Å². The van der Waals surface area contributed by atoms with Gasteiger partial charge in [-0.3, -0.25) is 4.90 Å². The molecule has 1 fully saturated rings. The summed E-state index contributed by atoms with van der Waals surface area (Å²) in [6.07, 6.45) is 2.78. The summed E-state index contributed by atoms with van der Waals surface area (Å²) in [6.45, 7) is 3.57. The SMILES string of the molecule is CC(O)CC1CCCN1Cc1ccc(F)cc1Cl. The molecule has 4 heteroatoms. The van der Waals surface area contributed by atoms with E-state index >= 15 is 0 Å². The number of hydrogen-bond donors (Lipinski definition) is 1. The lowest BCUT2D eigenvalue weighted by atomic mass is 10.1. The first-order chi connectivity index (χ1) is 8.56. The Bertz CT molecular complexity index is 411. The van der Waals surface area contributed by atoms with Crippen LogP contribution in [0.1, 0.15) is 31.7 Å². The quantitative estimate of drug-likeness (QED) is 0.909. The average Bonchev–Trinajstić information content (AvgIpc) is 2.69. The van der Waals surface area contributed by atoms with Crippen LogP contribution >= 0.6 is 11.6 Å². The van der Waals surface area contributed by atoms with Crippen molar-refractivity contribution in [2.75, 3.05) is 6.54 Å². The molecule has 1 aromatic rings. The van der Waals surface area contributed by atoms with Crippen molar-refractivity contribution in [1.29, 1.82) is 0 Å². The summed E-state index contributed by atoms with van der Waals surface area (Å²) in [5, 5.41) is 9.97. The number of benzene rings is 1. The van der Waals surface area contributed by atoms with Crippen molar-refractivity contribution in [3.05, 3.63) is 34.6 Å². The molecule has 0 amide bonds. The van der Waals surface area contributed by atoms with Gasteiger partial charge >= 0.3 is 0 Å². The normalized spacial score (nSPS) is 22.3. The summed E-state index contributed by atoms with van der Waals surface area (Å²) in [6, 6.07) is 4.96. The molecule has 1 N–H and O–H groups in total. The third-order valence-electron chi connectivity index (χ3n) is 3.50. The van der Waals surface area contributed by atoms with E-state index < -0.39 is 0 Å². The highest BCUT2D eigenvalue weighted by atomic mass is 35.5. The predicted octanol–water partition coefficient (Wildman–Crippen LogP) is 3.21. The molecular weight excluding hydrogens is 253 g/mol. The lowest BCUT2D eigenvalue weighted by Gasteiger charge is -2.25. The van der Waals surface area contributed by atoms with E-state index in [0.717, 1.165) is 37.9 Å². The van der Waals surface area contributed by atoms with E-state index in [1.54, 1.807) is 6.07 Å². The first-order valence-electron chi connectivity index (χ1n) is 6.42. The van der Waals surface area contributed by atoms with Gasteiger partial charge in [0.2, 0.25) is 0 Å². The van der Waals surface area contributed by atoms with Crippen LogP contribution in [0.4, 0.5) is 4.39 Å². The molecule has 1 saturated heterocycles. The number of halogens is 2. The number of likely N-dealkylation sites (tertiary alicyclic amines) is 1. The van der Waals surface area contributed by atoms with Crippen molar-refractivity contribution in [2.24, 2.45) is 0 Å². The molecule has 2 nitrogen and oxygen atoms in total. The van der Waals surface area contributed by atoms with Gasteiger partial charge in [0, 0.05) is 17.6 Å². The fourth-order valence-corrected chi connectivity index (χ4v) is 2.86. The van der Waals surface area contributed by atoms with Crippen LogP contribution in [-0.4, -0.2) is 28.7 Å². The predicted molar refractivity (Wildman–Crippen MR) is 71.1 cm³/mol. The second-order valence-electron chi connectivity index (χ2n) is 5.09. The van der Waals surface area contributed by atoms with Crippen LogP contribution in [0.5, 0.6) is 0 Å². The number of nitrogens with zero attached hydrogens (tertiary/aromatic N) is 1. The molecule has 2 atom stereocenters. The topological polar surface area (TPSA) is 23.5 Å². The van der Waals surface area contributed by atoms with E-state index in [0.29, 0.717) is 11.1 Å². The second-order valence-corrected chi connectivity index (χ2v) is 5.49. The summed E-state index contributed by atoms with van der Waals surface area (Å²) in [4.78, 5) is 2.33. The summed E-state index contributed by atoms with van der Waals surface area (Å²) >= 11 is 6.05. The molecule has 18 heavy (non-hydrogen) atoms. The minimum atomic E-state index is -0.300. The lowest BCUT2D eigenvalue weighted by Crippen LogP contribution is -2.31. The van der Waals surface area contributed by atoms with Gasteiger partial charge in [-0.2, -0.15) is 0 Å². The Labute approximate surface area is 112 Å². The third-order valence-corrected chi connectivity index (χ3v) is 3.85. The van der Waals surface area contributed by atoms with Gasteiger partial charge < -0.3 is 5.11 Å². The van der Waals surface area contributed by atoms with Gasteiger partial charge in [-0.1, -0.05) is 17.7 Å². The Morgan fingerprint density at radius 2 is 2.33 bits per heavy atom. The highest BCUT2D eigenvalue weighted by Crippen LogP contribution is 2.26. The molecule has 1 aliphatic rings. The van der Waals surface area contributed by atoms with E-state index in [2.05, 4.69) is 4.90 Å². The first-order valence-corrected chi connectivity index (χ1v) is 6.80. The van der Waals surface area contributed by atoms with Crippen LogP contribution in [0.25, 0.3) is 0 Å². The number of aliphatic hydroxyl groups is 1. The molecule has 0 aromatic heterocycles. The number of hydrogen-bond acceptors (Lipinski definition) is 2. The molecule has 1 aromatic carbocycles. The Balaban J connectivity index is 2.03. The van der Waals surface area contributed by atoms with E-state index in [4.69, 9.17) is 11.6 Å². The average molecular weight is 272 g/mol. The molecule has 0 saturated carbocycles. The maximum absolute atomic E-state index is 13.0. The van der Waals surface area contributed by atoms with Gasteiger partial charge in [0.05, 0.1) is 6.10 Å². The zero-order chi connectivity index (χ0) is 13.1. The van der Waals surface area contributed by atoms with Crippen molar-refractivity contribution in [3.63, 3.8) is 0 Å². The summed E-state index contributed by atoms with van der Waals surface area (Å²) < 4.78 is 13.0. The van der Waals surface area contributed by atoms with E-state index in [9.17, 15) is 9.50 Å². The largest absolute Gasteiger partial charge is 0.393 e. The zero-order valence-corrected chi connectivity index (χ0v) is 11.3. The molecule has 0 bridgehead atoms. The molecule has 1 heterocycles. The van der Waals surface area contributed by atoms with Crippen molar-refractivity contribution in [1.82, 2.24) is 4.90 Å². The Morgan fingerprint density at radius 3 is 3.00 bits per heavy atom. The van der Waals surface area contributed by atoms with Crippen LogP contribution in [0.15, 0.2) is 18.2 Å². The van der Waals surface area contributed by atoms with Gasteiger partial charge in [0.1, 0.15) is 5.82 Å². The van der Waals surface area contributed by atoms with Crippen LogP contribution in [0.2, 0.25) is 5.02 Å². The van der Waals surface area contributed by atoms with Crippen LogP contribution < -0.4 is 0 Å². The third kappa shape index (κ3) is 3.44. The highest BCUT2D eigenvalue weighted by molar-refractivity contribution is 6.31. The van der Waals surface area contributed by atoms with Crippen molar-refractivity contribution in [2.45, 2.75) is 44.9 Å². The molecule has 2 rings (SSSR count). The maximum atomic E-state index is 13.0. The van der Waals surface area contributed by atoms with Gasteiger partial charge in [-0.05, 0) is 50.4 Å². The highest BCUT2D eigenvalue weighted by Gasteiger charge is 2.25. The van der Waals surface area contributed by atoms with Crippen molar-refractivity contribution < 1.29 is 9.50 Å². The van der Waals surface area contributed by atoms with Crippen LogP contribution in [-0.2, 0) is 6.54 Å². The Kier molecular flexibility index (Phi) is 4.60. The van der Waals surface area contributed by atoms with Crippen molar-refractivity contribution >= 4 is 11.6 Å². The monoisotopic (exact) mass is 271 g/mol. The minimum Gasteiger partial charge on any atom is -0.393 e. The Morgan fingerprint density at radius 1 is 1.56 bits per heavy atom. The molecule has 0 spiro atoms. The van der Waals surface area contributed by atoms with Crippen molar-refractivity contribution in [3.8, 4) is 0 Å². The number of aliphatic hydroxyl groups excluding tert-OH is 1. The van der Waals surface area contributed by atoms with Gasteiger partial charge in [0.15, 0.2) is 0 Å². The number of rotatable bonds is 4. The second kappa shape index (κ2) is 6.00. The fraction of sp³-hybridized carbons (Fsp3) is 0.571. The van der Waals surface area contributed by atoms with E-state index in [1.165, 1.54) is 12.1 Å². The first kappa shape index (κ1) is 13.8. The minimum absolute atomic E-state index is 0.278. The van der Waals surface area contributed by atoms with E-state index in [1.807, 2.05) is 6.92 Å². The standard InChI is InChI=1S/C14H19ClFNO/c1-10(18)7-13-3-2-6-17(13)9-11-4-5-12(16)8-14(11)15/h4-5,8,10,13,18H,2-3,6-7,9H2,1H3. The maximum Gasteiger partial charge on any atom is 0.124 e. The van der Waals surface area contributed by atoms with Crippen LogP contribution in [0.3, 0.4) is 0 Å². The molecule has 100 valence electrons. The van der Waals surface area contributed by atoms with E-state index in [-0.39, 0.29) is 11.9 Å². The summed E-state index contributed by atoms with van der Waals surface area (Å²) in [5.74, 6) is -0.300.